The number of fused-ring (bicyclic) bond motifs is 1. The number of para-hydroxylation sites is 1. The van der Waals surface area contributed by atoms with Crippen molar-refractivity contribution in [1.29, 1.82) is 0 Å². The Morgan fingerprint density at radius 1 is 1.14 bits per heavy atom. The van der Waals surface area contributed by atoms with Crippen LogP contribution < -0.4 is 5.32 Å². The molecule has 192 valence electrons. The zero-order valence-electron chi connectivity index (χ0n) is 22.3. The molecule has 0 saturated heterocycles. The number of allylic oxidation sites excluding steroid dienone is 1. The van der Waals surface area contributed by atoms with Crippen molar-refractivity contribution in [3.8, 4) is 0 Å². The molecule has 1 amide bonds. The van der Waals surface area contributed by atoms with E-state index in [4.69, 9.17) is 13.9 Å². The monoisotopic (exact) mass is 500 g/mol. The van der Waals surface area contributed by atoms with Crippen molar-refractivity contribution in [3.63, 3.8) is 0 Å². The van der Waals surface area contributed by atoms with Crippen LogP contribution in [0.1, 0.15) is 46.3 Å². The molecule has 7 nitrogen and oxygen atoms in total. The largest absolute Gasteiger partial charge is 0.467 e. The molecule has 1 aromatic heterocycles. The van der Waals surface area contributed by atoms with Gasteiger partial charge >= 0.3 is 12.1 Å². The van der Waals surface area contributed by atoms with Gasteiger partial charge in [-0.25, -0.2) is 9.59 Å². The Kier molecular flexibility index (Phi) is 8.78. The molecular weight excluding hydrogens is 460 g/mol. The molecule has 2 aromatic rings. The number of nitrogens with zero attached hydrogens (tertiary/aromatic N) is 1. The fourth-order valence-corrected chi connectivity index (χ4v) is 4.75. The van der Waals surface area contributed by atoms with E-state index in [0.717, 1.165) is 16.5 Å². The van der Waals surface area contributed by atoms with E-state index in [2.05, 4.69) is 70.8 Å². The predicted octanol–water partition coefficient (Wildman–Crippen LogP) is 6.08. The Labute approximate surface area is 210 Å². The van der Waals surface area contributed by atoms with Crippen molar-refractivity contribution in [2.45, 2.75) is 70.4 Å². The van der Waals surface area contributed by atoms with Gasteiger partial charge in [0.2, 0.25) is 0 Å². The Bertz CT molecular complexity index is 1080. The van der Waals surface area contributed by atoms with Crippen molar-refractivity contribution in [3.05, 3.63) is 61.3 Å². The van der Waals surface area contributed by atoms with Gasteiger partial charge in [-0.05, 0) is 38.0 Å². The third-order valence-corrected chi connectivity index (χ3v) is 11.2. The van der Waals surface area contributed by atoms with Crippen molar-refractivity contribution < 1.29 is 23.5 Å². The molecule has 1 aromatic carbocycles. The number of aromatic nitrogens is 1. The van der Waals surface area contributed by atoms with Gasteiger partial charge in [0, 0.05) is 22.7 Å². The molecule has 2 atom stereocenters. The van der Waals surface area contributed by atoms with E-state index in [0.29, 0.717) is 0 Å². The summed E-state index contributed by atoms with van der Waals surface area (Å²) < 4.78 is 19.2. The number of rotatable bonds is 10. The number of alkyl carbamates (subject to hydrolysis) is 1. The number of nitrogens with one attached hydrogen (secondary N) is 1. The molecule has 0 fully saturated rings. The van der Waals surface area contributed by atoms with Crippen LogP contribution in [-0.4, -0.2) is 44.7 Å². The van der Waals surface area contributed by atoms with Crippen LogP contribution in [0.5, 0.6) is 0 Å². The second-order valence-corrected chi connectivity index (χ2v) is 15.4. The average molecular weight is 501 g/mol. The first-order valence-electron chi connectivity index (χ1n) is 11.7. The normalized spacial score (nSPS) is 14.2. The summed E-state index contributed by atoms with van der Waals surface area (Å²) >= 11 is 0. The summed E-state index contributed by atoms with van der Waals surface area (Å²) in [6.45, 7) is 22.3. The lowest BCUT2D eigenvalue weighted by Gasteiger charge is -2.41. The highest BCUT2D eigenvalue weighted by Gasteiger charge is 2.44. The number of amides is 1. The number of carbonyl (C=O) groups is 2. The quantitative estimate of drug-likeness (QED) is 0.243. The fraction of sp³-hybridized carbons (Fsp3) is 0.481. The maximum atomic E-state index is 13.1. The number of hydrogen-bond acceptors (Lipinski definition) is 5. The molecule has 8 heteroatoms. The number of methoxy groups -OCH3 is 1. The molecule has 0 saturated carbocycles. The number of esters is 1. The summed E-state index contributed by atoms with van der Waals surface area (Å²) in [6.07, 6.45) is 3.75. The van der Waals surface area contributed by atoms with E-state index in [9.17, 15) is 9.59 Å². The number of ether oxygens (including phenoxy) is 2. The smallest absolute Gasteiger partial charge is 0.408 e. The lowest BCUT2D eigenvalue weighted by molar-refractivity contribution is -0.145. The van der Waals surface area contributed by atoms with E-state index in [1.165, 1.54) is 13.2 Å². The first-order valence-corrected chi connectivity index (χ1v) is 14.6. The molecule has 0 aliphatic rings. The summed E-state index contributed by atoms with van der Waals surface area (Å²) in [5, 5.41) is 3.46. The first kappa shape index (κ1) is 28.4. The van der Waals surface area contributed by atoms with Gasteiger partial charge in [-0.2, -0.15) is 0 Å². The number of benzene rings is 1. The fourth-order valence-electron chi connectivity index (χ4n) is 3.50. The molecule has 0 unspecified atom stereocenters. The highest BCUT2D eigenvalue weighted by Crippen LogP contribution is 2.43. The van der Waals surface area contributed by atoms with Gasteiger partial charge in [0.1, 0.15) is 12.7 Å². The molecule has 0 aliphatic carbocycles. The topological polar surface area (TPSA) is 78.8 Å². The molecule has 0 radical (unpaired) electrons. The Morgan fingerprint density at radius 3 is 2.31 bits per heavy atom. The lowest BCUT2D eigenvalue weighted by atomic mass is 10.0. The molecule has 2 rings (SSSR count). The van der Waals surface area contributed by atoms with Crippen molar-refractivity contribution in [2.75, 3.05) is 13.7 Å². The standard InChI is InChI=1S/C27H40N2O5Si/c1-11-17-33-25(31)28-22(24(30)32-8)23(34-35(9,10)26(3,4)5)20-18-29(27(6,7)12-2)21-16-14-13-15-19(20)21/h11-16,18,22-23H,1-2,17H2,3-10H3,(H,28,31)/t22-,23+/m0/s1. The van der Waals surface area contributed by atoms with E-state index >= 15 is 0 Å². The molecular formula is C27H40N2O5Si. The third-order valence-electron chi connectivity index (χ3n) is 6.76. The molecule has 0 bridgehead atoms. The van der Waals surface area contributed by atoms with Crippen LogP contribution in [-0.2, 0) is 24.2 Å². The minimum absolute atomic E-state index is 0.0142. The summed E-state index contributed by atoms with van der Waals surface area (Å²) in [6, 6.07) is 6.80. The van der Waals surface area contributed by atoms with Gasteiger partial charge in [0.05, 0.1) is 12.6 Å². The van der Waals surface area contributed by atoms with E-state index in [1.54, 1.807) is 0 Å². The zero-order chi connectivity index (χ0) is 26.6. The van der Waals surface area contributed by atoms with Crippen LogP contribution in [0.2, 0.25) is 18.1 Å². The number of hydrogen-bond donors (Lipinski definition) is 1. The van der Waals surface area contributed by atoms with Gasteiger partial charge in [-0.1, -0.05) is 57.7 Å². The Morgan fingerprint density at radius 2 is 1.77 bits per heavy atom. The van der Waals surface area contributed by atoms with Crippen LogP contribution >= 0.6 is 0 Å². The van der Waals surface area contributed by atoms with Crippen LogP contribution in [0.25, 0.3) is 10.9 Å². The number of carbonyl (C=O) groups excluding carboxylic acids is 2. The van der Waals surface area contributed by atoms with Gasteiger partial charge in [-0.3, -0.25) is 0 Å². The maximum absolute atomic E-state index is 13.1. The minimum atomic E-state index is -2.43. The summed E-state index contributed by atoms with van der Waals surface area (Å²) in [7, 11) is -1.14. The lowest BCUT2D eigenvalue weighted by Crippen LogP contribution is -2.51. The van der Waals surface area contributed by atoms with Crippen molar-refractivity contribution in [2.24, 2.45) is 0 Å². The van der Waals surface area contributed by atoms with E-state index < -0.39 is 38.1 Å². The highest BCUT2D eigenvalue weighted by atomic mass is 28.4. The zero-order valence-corrected chi connectivity index (χ0v) is 23.3. The molecule has 0 spiro atoms. The third kappa shape index (κ3) is 6.24. The van der Waals surface area contributed by atoms with Crippen molar-refractivity contribution in [1.82, 2.24) is 9.88 Å². The second-order valence-electron chi connectivity index (χ2n) is 10.7. The van der Waals surface area contributed by atoms with Gasteiger partial charge in [0.25, 0.3) is 0 Å². The van der Waals surface area contributed by atoms with Crippen LogP contribution in [0.15, 0.2) is 55.8 Å². The molecule has 0 aliphatic heterocycles. The average Bonchev–Trinajstić information content (AvgIpc) is 3.19. The molecule has 35 heavy (non-hydrogen) atoms. The second kappa shape index (κ2) is 10.8. The van der Waals surface area contributed by atoms with Crippen LogP contribution in [0.3, 0.4) is 0 Å². The Hall–Kier alpha value is -2.84. The highest BCUT2D eigenvalue weighted by molar-refractivity contribution is 6.74. The Balaban J connectivity index is 2.78. The van der Waals surface area contributed by atoms with Gasteiger partial charge in [0.15, 0.2) is 14.4 Å². The predicted molar refractivity (Wildman–Crippen MR) is 143 cm³/mol. The summed E-state index contributed by atoms with van der Waals surface area (Å²) in [4.78, 5) is 25.6. The van der Waals surface area contributed by atoms with Crippen LogP contribution in [0, 0.1) is 0 Å². The molecule has 1 N–H and O–H groups in total. The van der Waals surface area contributed by atoms with E-state index in [-0.39, 0.29) is 11.6 Å². The van der Waals surface area contributed by atoms with E-state index in [1.807, 2.05) is 36.5 Å². The van der Waals surface area contributed by atoms with Gasteiger partial charge < -0.3 is 23.8 Å². The SMILES string of the molecule is C=CCOC(=O)N[C@H](C(=O)OC)[C@H](O[Si](C)(C)C(C)(C)C)c1cn(C(C)(C)C=C)c2ccccc12. The summed E-state index contributed by atoms with van der Waals surface area (Å²) in [5.74, 6) is -0.621. The minimum Gasteiger partial charge on any atom is -0.467 e. The van der Waals surface area contributed by atoms with Gasteiger partial charge in [-0.15, -0.1) is 6.58 Å². The van der Waals surface area contributed by atoms with Crippen LogP contribution in [0.4, 0.5) is 4.79 Å². The summed E-state index contributed by atoms with van der Waals surface area (Å²) in [5.41, 5.74) is 1.34. The van der Waals surface area contributed by atoms with Crippen molar-refractivity contribution >= 4 is 31.3 Å². The first-order chi connectivity index (χ1) is 16.2. The molecule has 1 heterocycles. The maximum Gasteiger partial charge on any atom is 0.408 e.